The summed E-state index contributed by atoms with van der Waals surface area (Å²) in [6, 6.07) is -1.88. The summed E-state index contributed by atoms with van der Waals surface area (Å²) in [4.78, 5) is 85.1. The predicted molar refractivity (Wildman–Crippen MR) is 193 cm³/mol. The highest BCUT2D eigenvalue weighted by Gasteiger charge is 2.34. The number of carbonyl (C=O) groups excluding carboxylic acids is 6. The summed E-state index contributed by atoms with van der Waals surface area (Å²) < 4.78 is 0. The van der Waals surface area contributed by atoms with Crippen LogP contribution in [0.3, 0.4) is 0 Å². The Bertz CT molecular complexity index is 1240. The van der Waals surface area contributed by atoms with E-state index in [4.69, 9.17) is 0 Å². The maximum absolute atomic E-state index is 13.2. The molecule has 3 aliphatic carbocycles. The fraction of sp³-hybridized carbons (Fsp3) is 0.676. The number of hydrogen-bond donors (Lipinski definition) is 5. The van der Waals surface area contributed by atoms with Gasteiger partial charge in [0.25, 0.3) is 17.7 Å². The van der Waals surface area contributed by atoms with Crippen LogP contribution >= 0.6 is 0 Å². The minimum absolute atomic E-state index is 0.00675. The number of rotatable bonds is 15. The van der Waals surface area contributed by atoms with Crippen LogP contribution in [0.1, 0.15) is 136 Å². The van der Waals surface area contributed by atoms with Gasteiger partial charge in [-0.1, -0.05) is 86.6 Å². The minimum Gasteiger partial charge on any atom is -0.347 e. The molecule has 3 fully saturated rings. The monoisotopic (exact) mass is 699 g/mol. The molecule has 1 heterocycles. The first-order valence-corrected chi connectivity index (χ1v) is 18.7. The van der Waals surface area contributed by atoms with Crippen LogP contribution in [0.2, 0.25) is 0 Å². The van der Waals surface area contributed by atoms with Gasteiger partial charge < -0.3 is 26.6 Å². The van der Waals surface area contributed by atoms with Gasteiger partial charge in [0.1, 0.15) is 17.4 Å². The third kappa shape index (κ3) is 16.5. The zero-order valence-corrected chi connectivity index (χ0v) is 31.2. The van der Waals surface area contributed by atoms with E-state index in [0.29, 0.717) is 6.42 Å². The second-order valence-electron chi connectivity index (χ2n) is 12.3. The molecule has 50 heavy (non-hydrogen) atoms. The zero-order valence-electron chi connectivity index (χ0n) is 31.2. The van der Waals surface area contributed by atoms with E-state index in [1.165, 1.54) is 25.0 Å². The van der Waals surface area contributed by atoms with E-state index >= 15 is 0 Å². The topological polar surface area (TPSA) is 188 Å². The van der Waals surface area contributed by atoms with Crippen molar-refractivity contribution in [3.05, 3.63) is 36.1 Å². The Morgan fingerprint density at radius 1 is 0.840 bits per heavy atom. The molecular weight excluding hydrogens is 638 g/mol. The number of carbonyl (C=O) groups is 6. The normalized spacial score (nSPS) is 16.5. The van der Waals surface area contributed by atoms with Gasteiger partial charge in [-0.3, -0.25) is 33.8 Å². The third-order valence-corrected chi connectivity index (χ3v) is 7.79. The van der Waals surface area contributed by atoms with E-state index < -0.39 is 53.9 Å². The molecule has 280 valence electrons. The van der Waals surface area contributed by atoms with Gasteiger partial charge in [-0.05, 0) is 56.8 Å². The fourth-order valence-electron chi connectivity index (χ4n) is 5.08. The quantitative estimate of drug-likeness (QED) is 0.132. The molecule has 0 spiro atoms. The van der Waals surface area contributed by atoms with Crippen LogP contribution < -0.4 is 26.6 Å². The van der Waals surface area contributed by atoms with Crippen molar-refractivity contribution in [3.8, 4) is 0 Å². The van der Waals surface area contributed by atoms with Crippen molar-refractivity contribution < 1.29 is 28.8 Å². The Labute approximate surface area is 298 Å². The number of amides is 5. The summed E-state index contributed by atoms with van der Waals surface area (Å²) in [7, 11) is 0. The highest BCUT2D eigenvalue weighted by molar-refractivity contribution is 6.38. The molecule has 13 heteroatoms. The highest BCUT2D eigenvalue weighted by atomic mass is 16.2. The second kappa shape index (κ2) is 24.9. The predicted octanol–water partition coefficient (Wildman–Crippen LogP) is 4.28. The van der Waals surface area contributed by atoms with Crippen LogP contribution in [0.25, 0.3) is 0 Å². The van der Waals surface area contributed by atoms with Crippen molar-refractivity contribution in [2.24, 2.45) is 11.8 Å². The molecule has 0 saturated heterocycles. The zero-order chi connectivity index (χ0) is 37.5. The van der Waals surface area contributed by atoms with E-state index in [1.54, 1.807) is 6.08 Å². The van der Waals surface area contributed by atoms with E-state index in [1.807, 2.05) is 34.6 Å². The van der Waals surface area contributed by atoms with Crippen molar-refractivity contribution >= 4 is 35.3 Å². The lowest BCUT2D eigenvalue weighted by Gasteiger charge is -2.30. The molecule has 1 aromatic rings. The van der Waals surface area contributed by atoms with Gasteiger partial charge in [0.15, 0.2) is 0 Å². The number of ketones is 1. The molecule has 0 radical (unpaired) electrons. The molecule has 5 amide bonds. The molecule has 2 atom stereocenters. The van der Waals surface area contributed by atoms with Crippen molar-refractivity contribution in [2.45, 2.75) is 144 Å². The van der Waals surface area contributed by atoms with Crippen LogP contribution in [0.5, 0.6) is 0 Å². The number of nitrogens with one attached hydrogen (secondary N) is 5. The molecule has 3 aliphatic rings. The Hall–Kier alpha value is -4.16. The standard InChI is InChI=1S/C30H41N7O6.C3H8.2C2H6/c1-2-6-21(26(39)30(43)34-20-11-12-20)36-27(40)22(15-18-9-10-18)35-24(38)17-33-29(42)25(19-7-4-3-5-8-19)37-28(41)23-16-31-13-14-32-23;1-3-2;2*1-2/h13-16,18-21,25H,2-12,17H2,1H3,(H,33,42)(H,34,43)(H,35,38)(H,36,40)(H,37,41);3H2,1-2H3;2*1-2H3/b22-15+;;;. The fourth-order valence-corrected chi connectivity index (χ4v) is 5.08. The SMILES string of the molecule is CC.CC.CCC.CCCC(NC(=O)/C(=C\C1CC1)NC(=O)CNC(=O)C(NC(=O)c1cnccn1)C1CCCCC1)C(=O)C(=O)NC1CC1. The van der Waals surface area contributed by atoms with Crippen LogP contribution in [-0.2, 0) is 24.0 Å². The van der Waals surface area contributed by atoms with Gasteiger partial charge in [-0.2, -0.15) is 0 Å². The van der Waals surface area contributed by atoms with Crippen molar-refractivity contribution in [1.82, 2.24) is 36.6 Å². The summed E-state index contributed by atoms with van der Waals surface area (Å²) >= 11 is 0. The lowest BCUT2D eigenvalue weighted by atomic mass is 9.83. The summed E-state index contributed by atoms with van der Waals surface area (Å²) in [5, 5.41) is 13.2. The molecular formula is C37H61N7O6. The largest absolute Gasteiger partial charge is 0.347 e. The molecule has 0 bridgehead atoms. The van der Waals surface area contributed by atoms with Crippen molar-refractivity contribution in [1.29, 1.82) is 0 Å². The molecule has 0 aliphatic heterocycles. The smallest absolute Gasteiger partial charge is 0.289 e. The maximum Gasteiger partial charge on any atom is 0.289 e. The Kier molecular flexibility index (Phi) is 21.8. The average Bonchev–Trinajstić information content (AvgIpc) is 4.09. The molecule has 2 unspecified atom stereocenters. The number of hydrogen-bond acceptors (Lipinski definition) is 8. The van der Waals surface area contributed by atoms with Gasteiger partial charge in [-0.15, -0.1) is 0 Å². The number of nitrogens with zero attached hydrogens (tertiary/aromatic N) is 2. The van der Waals surface area contributed by atoms with Crippen LogP contribution in [0, 0.1) is 11.8 Å². The van der Waals surface area contributed by atoms with E-state index in [2.05, 4.69) is 50.4 Å². The summed E-state index contributed by atoms with van der Waals surface area (Å²) in [5.74, 6) is -3.77. The maximum atomic E-state index is 13.2. The Morgan fingerprint density at radius 2 is 1.48 bits per heavy atom. The van der Waals surface area contributed by atoms with E-state index in [9.17, 15) is 28.8 Å². The molecule has 5 N–H and O–H groups in total. The van der Waals surface area contributed by atoms with Crippen LogP contribution in [0.15, 0.2) is 30.4 Å². The highest BCUT2D eigenvalue weighted by Crippen LogP contribution is 2.31. The van der Waals surface area contributed by atoms with Gasteiger partial charge >= 0.3 is 0 Å². The molecule has 13 nitrogen and oxygen atoms in total. The third-order valence-electron chi connectivity index (χ3n) is 7.79. The minimum atomic E-state index is -1.02. The van der Waals surface area contributed by atoms with Crippen LogP contribution in [0.4, 0.5) is 0 Å². The average molecular weight is 700 g/mol. The lowest BCUT2D eigenvalue weighted by Crippen LogP contribution is -2.53. The van der Waals surface area contributed by atoms with Gasteiger partial charge in [-0.25, -0.2) is 4.98 Å². The summed E-state index contributed by atoms with van der Waals surface area (Å²) in [6.07, 6.45) is 15.7. The first kappa shape index (κ1) is 43.9. The number of allylic oxidation sites excluding steroid dienone is 1. The van der Waals surface area contributed by atoms with E-state index in [0.717, 1.165) is 57.8 Å². The molecule has 1 aromatic heterocycles. The summed E-state index contributed by atoms with van der Waals surface area (Å²) in [5.41, 5.74) is 0.0534. The van der Waals surface area contributed by atoms with Gasteiger partial charge in [0, 0.05) is 18.4 Å². The van der Waals surface area contributed by atoms with Crippen molar-refractivity contribution in [2.75, 3.05) is 6.54 Å². The molecule has 4 rings (SSSR count). The second-order valence-corrected chi connectivity index (χ2v) is 12.3. The Morgan fingerprint density at radius 3 is 2.02 bits per heavy atom. The first-order valence-electron chi connectivity index (χ1n) is 18.7. The van der Waals surface area contributed by atoms with Gasteiger partial charge in [0.05, 0.1) is 18.8 Å². The molecule has 3 saturated carbocycles. The molecule has 0 aromatic carbocycles. The Balaban J connectivity index is 0.00000166. The van der Waals surface area contributed by atoms with E-state index in [-0.39, 0.29) is 35.7 Å². The van der Waals surface area contributed by atoms with Crippen molar-refractivity contribution in [3.63, 3.8) is 0 Å². The first-order chi connectivity index (χ1) is 24.2. The number of aromatic nitrogens is 2. The van der Waals surface area contributed by atoms with Crippen LogP contribution in [-0.4, -0.2) is 70.0 Å². The number of Topliss-reactive ketones (excluding diaryl/α,β-unsaturated/α-hetero) is 1. The van der Waals surface area contributed by atoms with Gasteiger partial charge in [0.2, 0.25) is 17.6 Å². The summed E-state index contributed by atoms with van der Waals surface area (Å²) in [6.45, 7) is 13.7. The lowest BCUT2D eigenvalue weighted by molar-refractivity contribution is -0.140.